The third-order valence-electron chi connectivity index (χ3n) is 3.60. The zero-order chi connectivity index (χ0) is 19.3. The highest BCUT2D eigenvalue weighted by Gasteiger charge is 2.18. The van der Waals surface area contributed by atoms with Crippen molar-refractivity contribution in [2.24, 2.45) is 12.8 Å². The van der Waals surface area contributed by atoms with Crippen LogP contribution in [0.15, 0.2) is 31.1 Å². The maximum absolute atomic E-state index is 11.5. The lowest BCUT2D eigenvalue weighted by Gasteiger charge is -2.09. The molecule has 0 bridgehead atoms. The average Bonchev–Trinajstić information content (AvgIpc) is 2.99. The number of anilines is 1. The van der Waals surface area contributed by atoms with Gasteiger partial charge in [-0.25, -0.2) is 9.97 Å². The fraction of sp³-hybridized carbons (Fsp3) is 0.176. The van der Waals surface area contributed by atoms with E-state index in [1.54, 1.807) is 30.1 Å². The summed E-state index contributed by atoms with van der Waals surface area (Å²) in [6.45, 7) is 4.16. The molecule has 7 N–H and O–H groups in total. The highest BCUT2D eigenvalue weighted by atomic mass is 16.3. The summed E-state index contributed by atoms with van der Waals surface area (Å²) in [6.07, 6.45) is 6.12. The van der Waals surface area contributed by atoms with Crippen molar-refractivity contribution in [3.63, 3.8) is 0 Å². The second-order valence-electron chi connectivity index (χ2n) is 5.41. The molecule has 0 atom stereocenters. The average molecular weight is 355 g/mol. The number of rotatable bonds is 8. The van der Waals surface area contributed by atoms with Gasteiger partial charge in [-0.1, -0.05) is 12.7 Å². The van der Waals surface area contributed by atoms with E-state index in [4.69, 9.17) is 22.0 Å². The highest BCUT2D eigenvalue weighted by molar-refractivity contribution is 5.98. The Morgan fingerprint density at radius 3 is 2.77 bits per heavy atom. The van der Waals surface area contributed by atoms with E-state index < -0.39 is 5.91 Å². The van der Waals surface area contributed by atoms with Crippen LogP contribution in [-0.4, -0.2) is 44.9 Å². The Kier molecular flexibility index (Phi) is 5.86. The summed E-state index contributed by atoms with van der Waals surface area (Å²) in [4.78, 5) is 20.2. The molecule has 136 valence electrons. The first-order valence-electron chi connectivity index (χ1n) is 7.74. The molecule has 0 saturated carbocycles. The smallest absolute Gasteiger partial charge is 0.267 e. The Balaban J connectivity index is 2.58. The highest BCUT2D eigenvalue weighted by Crippen LogP contribution is 2.26. The standard InChI is InChI=1S/C17H21N7O2/c1-3-10(8-21-4-5-25)14-9-24(2)17(23-14)15-11(7-18)12(19)6-13(22-15)16(20)26/h3,6-9,18,21,25H,1,4-5H2,2H3,(H2,19,22)(H2,20,26)/b10-8+,18-7?. The van der Waals surface area contributed by atoms with E-state index in [0.717, 1.165) is 6.21 Å². The summed E-state index contributed by atoms with van der Waals surface area (Å²) in [5.41, 5.74) is 13.4. The zero-order valence-electron chi connectivity index (χ0n) is 14.4. The third kappa shape index (κ3) is 3.78. The Hall–Kier alpha value is -3.46. The van der Waals surface area contributed by atoms with Gasteiger partial charge in [0.25, 0.3) is 5.91 Å². The van der Waals surface area contributed by atoms with Crippen molar-refractivity contribution in [3.05, 3.63) is 48.1 Å². The first-order valence-corrected chi connectivity index (χ1v) is 7.74. The number of hydrogen-bond donors (Lipinski definition) is 5. The molecule has 0 aromatic carbocycles. The molecule has 0 saturated heterocycles. The minimum Gasteiger partial charge on any atom is -0.398 e. The molecule has 26 heavy (non-hydrogen) atoms. The van der Waals surface area contributed by atoms with E-state index in [-0.39, 0.29) is 23.7 Å². The number of aliphatic hydroxyl groups is 1. The number of carbonyl (C=O) groups excluding carboxylic acids is 1. The van der Waals surface area contributed by atoms with Crippen molar-refractivity contribution in [2.75, 3.05) is 18.9 Å². The van der Waals surface area contributed by atoms with Gasteiger partial charge < -0.3 is 31.9 Å². The maximum Gasteiger partial charge on any atom is 0.267 e. The van der Waals surface area contributed by atoms with Crippen LogP contribution in [0.1, 0.15) is 21.7 Å². The normalized spacial score (nSPS) is 11.2. The monoisotopic (exact) mass is 355 g/mol. The predicted octanol–water partition coefficient (Wildman–Crippen LogP) is 0.270. The van der Waals surface area contributed by atoms with E-state index in [1.165, 1.54) is 6.07 Å². The Morgan fingerprint density at radius 2 is 2.19 bits per heavy atom. The number of aromatic nitrogens is 3. The molecular weight excluding hydrogens is 334 g/mol. The van der Waals surface area contributed by atoms with Crippen LogP contribution in [0, 0.1) is 5.41 Å². The van der Waals surface area contributed by atoms with Crippen molar-refractivity contribution in [1.29, 1.82) is 5.41 Å². The third-order valence-corrected chi connectivity index (χ3v) is 3.60. The largest absolute Gasteiger partial charge is 0.398 e. The molecule has 0 radical (unpaired) electrons. The summed E-state index contributed by atoms with van der Waals surface area (Å²) in [5, 5.41) is 19.4. The van der Waals surface area contributed by atoms with Crippen LogP contribution in [0.5, 0.6) is 0 Å². The SMILES string of the molecule is C=C/C(=C\NCCO)c1cn(C)c(-c2nc(C(N)=O)cc(N)c2C=N)n1. The van der Waals surface area contributed by atoms with Crippen LogP contribution >= 0.6 is 0 Å². The van der Waals surface area contributed by atoms with Gasteiger partial charge >= 0.3 is 0 Å². The number of aliphatic hydroxyl groups excluding tert-OH is 1. The Morgan fingerprint density at radius 1 is 1.46 bits per heavy atom. The lowest BCUT2D eigenvalue weighted by Crippen LogP contribution is -2.16. The van der Waals surface area contributed by atoms with Crippen molar-refractivity contribution in [1.82, 2.24) is 19.9 Å². The number of primary amides is 1. The van der Waals surface area contributed by atoms with Crippen LogP contribution in [0.25, 0.3) is 17.1 Å². The fourth-order valence-corrected chi connectivity index (χ4v) is 2.33. The number of pyridine rings is 1. The van der Waals surface area contributed by atoms with Crippen LogP contribution in [0.2, 0.25) is 0 Å². The molecule has 0 fully saturated rings. The summed E-state index contributed by atoms with van der Waals surface area (Å²) in [7, 11) is 1.76. The molecule has 0 aliphatic heterocycles. The van der Waals surface area contributed by atoms with Gasteiger partial charge in [-0.2, -0.15) is 0 Å². The number of amides is 1. The number of imidazole rings is 1. The summed E-state index contributed by atoms with van der Waals surface area (Å²) < 4.78 is 1.71. The Labute approximate surface area is 150 Å². The minimum absolute atomic E-state index is 0.000191. The second-order valence-corrected chi connectivity index (χ2v) is 5.41. The number of allylic oxidation sites excluding steroid dienone is 2. The van der Waals surface area contributed by atoms with Gasteiger partial charge in [-0.15, -0.1) is 0 Å². The first kappa shape index (κ1) is 18.9. The van der Waals surface area contributed by atoms with Crippen LogP contribution in [0.3, 0.4) is 0 Å². The topological polar surface area (TPSA) is 156 Å². The van der Waals surface area contributed by atoms with Crippen LogP contribution < -0.4 is 16.8 Å². The number of aryl methyl sites for hydroxylation is 1. The van der Waals surface area contributed by atoms with E-state index in [2.05, 4.69) is 21.9 Å². The molecule has 0 unspecified atom stereocenters. The lowest BCUT2D eigenvalue weighted by atomic mass is 10.1. The molecule has 2 aromatic heterocycles. The van der Waals surface area contributed by atoms with Gasteiger partial charge in [0, 0.05) is 49.0 Å². The molecule has 1 amide bonds. The first-order chi connectivity index (χ1) is 12.4. The molecule has 2 heterocycles. The molecule has 0 spiro atoms. The number of carbonyl (C=O) groups is 1. The quantitative estimate of drug-likeness (QED) is 0.260. The van der Waals surface area contributed by atoms with Gasteiger partial charge in [-0.3, -0.25) is 4.79 Å². The zero-order valence-corrected chi connectivity index (χ0v) is 14.4. The molecule has 9 heteroatoms. The van der Waals surface area contributed by atoms with Crippen molar-refractivity contribution < 1.29 is 9.90 Å². The minimum atomic E-state index is -0.719. The van der Waals surface area contributed by atoms with Gasteiger partial charge in [-0.05, 0) is 6.07 Å². The van der Waals surface area contributed by atoms with Gasteiger partial charge in [0.2, 0.25) is 0 Å². The number of nitrogens with zero attached hydrogens (tertiary/aromatic N) is 3. The fourth-order valence-electron chi connectivity index (χ4n) is 2.33. The maximum atomic E-state index is 11.5. The lowest BCUT2D eigenvalue weighted by molar-refractivity contribution is 0.0995. The van der Waals surface area contributed by atoms with Crippen molar-refractivity contribution in [3.8, 4) is 11.5 Å². The molecule has 2 aromatic rings. The number of nitrogens with one attached hydrogen (secondary N) is 2. The molecular formula is C17H21N7O2. The van der Waals surface area contributed by atoms with Gasteiger partial charge in [0.05, 0.1) is 12.3 Å². The van der Waals surface area contributed by atoms with Gasteiger partial charge in [0.15, 0.2) is 5.82 Å². The Bertz CT molecular complexity index is 883. The van der Waals surface area contributed by atoms with Crippen molar-refractivity contribution >= 4 is 23.4 Å². The second kappa shape index (κ2) is 8.08. The number of nitrogens with two attached hydrogens (primary N) is 2. The predicted molar refractivity (Wildman–Crippen MR) is 101 cm³/mol. The molecule has 2 rings (SSSR count). The summed E-state index contributed by atoms with van der Waals surface area (Å²) in [6, 6.07) is 1.34. The van der Waals surface area contributed by atoms with Gasteiger partial charge in [0.1, 0.15) is 11.4 Å². The summed E-state index contributed by atoms with van der Waals surface area (Å²) >= 11 is 0. The van der Waals surface area contributed by atoms with E-state index in [1.807, 2.05) is 0 Å². The molecule has 0 aliphatic carbocycles. The molecule has 9 nitrogen and oxygen atoms in total. The van der Waals surface area contributed by atoms with E-state index in [9.17, 15) is 4.79 Å². The van der Waals surface area contributed by atoms with Crippen LogP contribution in [0.4, 0.5) is 5.69 Å². The summed E-state index contributed by atoms with van der Waals surface area (Å²) in [5.74, 6) is -0.299. The molecule has 0 aliphatic rings. The van der Waals surface area contributed by atoms with Crippen molar-refractivity contribution in [2.45, 2.75) is 0 Å². The number of hydrogen-bond acceptors (Lipinski definition) is 7. The van der Waals surface area contributed by atoms with E-state index >= 15 is 0 Å². The van der Waals surface area contributed by atoms with Crippen LogP contribution in [-0.2, 0) is 7.05 Å². The van der Waals surface area contributed by atoms with E-state index in [0.29, 0.717) is 29.2 Å². The number of nitrogen functional groups attached to an aromatic ring is 1.